The van der Waals surface area contributed by atoms with Gasteiger partial charge < -0.3 is 14.8 Å². The second kappa shape index (κ2) is 10.8. The molecule has 1 aromatic rings. The molecule has 0 saturated carbocycles. The number of hydrogen-bond donors (Lipinski definition) is 1. The van der Waals surface area contributed by atoms with Gasteiger partial charge in [-0.2, -0.15) is 0 Å². The summed E-state index contributed by atoms with van der Waals surface area (Å²) in [5.74, 6) is 0.608. The van der Waals surface area contributed by atoms with Gasteiger partial charge in [-0.25, -0.2) is 0 Å². The number of rotatable bonds is 11. The Labute approximate surface area is 130 Å². The summed E-state index contributed by atoms with van der Waals surface area (Å²) in [6.45, 7) is 9.74. The summed E-state index contributed by atoms with van der Waals surface area (Å²) in [7, 11) is 1.70. The molecule has 1 rings (SSSR count). The predicted molar refractivity (Wildman–Crippen MR) is 88.8 cm³/mol. The van der Waals surface area contributed by atoms with Crippen LogP contribution in [0.4, 0.5) is 0 Å². The fourth-order valence-corrected chi connectivity index (χ4v) is 2.35. The largest absolute Gasteiger partial charge is 0.382 e. The molecule has 0 heterocycles. The highest BCUT2D eigenvalue weighted by Gasteiger charge is 2.11. The molecule has 21 heavy (non-hydrogen) atoms. The van der Waals surface area contributed by atoms with E-state index in [-0.39, 0.29) is 0 Å². The van der Waals surface area contributed by atoms with Gasteiger partial charge in [-0.1, -0.05) is 43.7 Å². The van der Waals surface area contributed by atoms with Crippen LogP contribution in [0.15, 0.2) is 24.3 Å². The third kappa shape index (κ3) is 8.86. The van der Waals surface area contributed by atoms with E-state index in [0.717, 1.165) is 26.0 Å². The number of hydrogen-bond acceptors (Lipinski definition) is 3. The Balaban J connectivity index is 2.43. The first kappa shape index (κ1) is 18.1. The summed E-state index contributed by atoms with van der Waals surface area (Å²) in [6.07, 6.45) is 2.19. The number of aryl methyl sites for hydroxylation is 1. The Kier molecular flexibility index (Phi) is 9.31. The molecule has 1 atom stereocenters. The summed E-state index contributed by atoms with van der Waals surface area (Å²) >= 11 is 0. The van der Waals surface area contributed by atoms with E-state index in [1.807, 2.05) is 0 Å². The molecule has 0 aromatic heterocycles. The zero-order chi connectivity index (χ0) is 15.5. The van der Waals surface area contributed by atoms with E-state index in [9.17, 15) is 0 Å². The molecule has 1 N–H and O–H groups in total. The lowest BCUT2D eigenvalue weighted by atomic mass is 9.95. The third-order valence-corrected chi connectivity index (χ3v) is 3.52. The van der Waals surface area contributed by atoms with E-state index in [1.165, 1.54) is 11.1 Å². The van der Waals surface area contributed by atoms with Gasteiger partial charge in [0.05, 0.1) is 13.2 Å². The van der Waals surface area contributed by atoms with Gasteiger partial charge in [0.25, 0.3) is 0 Å². The van der Waals surface area contributed by atoms with Gasteiger partial charge >= 0.3 is 0 Å². The van der Waals surface area contributed by atoms with Crippen molar-refractivity contribution in [1.82, 2.24) is 5.32 Å². The van der Waals surface area contributed by atoms with Gasteiger partial charge in [0.15, 0.2) is 0 Å². The minimum atomic E-state index is 0.527. The summed E-state index contributed by atoms with van der Waals surface area (Å²) in [4.78, 5) is 0. The van der Waals surface area contributed by atoms with Crippen molar-refractivity contribution in [3.63, 3.8) is 0 Å². The van der Waals surface area contributed by atoms with E-state index in [2.05, 4.69) is 50.4 Å². The fourth-order valence-electron chi connectivity index (χ4n) is 2.35. The molecular weight excluding hydrogens is 262 g/mol. The van der Waals surface area contributed by atoms with Crippen molar-refractivity contribution < 1.29 is 9.47 Å². The van der Waals surface area contributed by atoms with Crippen LogP contribution < -0.4 is 5.32 Å². The van der Waals surface area contributed by atoms with Gasteiger partial charge in [0, 0.05) is 19.8 Å². The van der Waals surface area contributed by atoms with E-state index in [1.54, 1.807) is 7.11 Å². The number of benzene rings is 1. The molecule has 3 heteroatoms. The van der Waals surface area contributed by atoms with Gasteiger partial charge in [-0.05, 0) is 37.8 Å². The molecular formula is C18H31NO2. The fraction of sp³-hybridized carbons (Fsp3) is 0.667. The second-order valence-electron chi connectivity index (χ2n) is 6.02. The van der Waals surface area contributed by atoms with Crippen LogP contribution in [-0.4, -0.2) is 39.5 Å². The van der Waals surface area contributed by atoms with E-state index in [0.29, 0.717) is 25.2 Å². The van der Waals surface area contributed by atoms with Gasteiger partial charge in [0.1, 0.15) is 0 Å². The highest BCUT2D eigenvalue weighted by atomic mass is 16.5. The highest BCUT2D eigenvalue weighted by Crippen LogP contribution is 2.14. The summed E-state index contributed by atoms with van der Waals surface area (Å²) < 4.78 is 10.6. The monoisotopic (exact) mass is 293 g/mol. The van der Waals surface area contributed by atoms with Crippen molar-refractivity contribution >= 4 is 0 Å². The summed E-state index contributed by atoms with van der Waals surface area (Å²) in [6, 6.07) is 9.33. The first-order valence-corrected chi connectivity index (χ1v) is 7.97. The first-order valence-electron chi connectivity index (χ1n) is 7.97. The van der Waals surface area contributed by atoms with E-state index < -0.39 is 0 Å². The highest BCUT2D eigenvalue weighted by molar-refractivity contribution is 5.22. The molecule has 120 valence electrons. The van der Waals surface area contributed by atoms with Crippen LogP contribution in [0.25, 0.3) is 0 Å². The maximum atomic E-state index is 5.62. The summed E-state index contributed by atoms with van der Waals surface area (Å²) in [5.41, 5.74) is 2.75. The van der Waals surface area contributed by atoms with Gasteiger partial charge in [-0.3, -0.25) is 0 Å². The zero-order valence-electron chi connectivity index (χ0n) is 14.0. The number of ether oxygens (including phenoxy) is 2. The maximum Gasteiger partial charge on any atom is 0.0700 e. The SMILES string of the molecule is COCCOCCC(CNC(C)C)Cc1cccc(C)c1. The second-order valence-corrected chi connectivity index (χ2v) is 6.02. The topological polar surface area (TPSA) is 30.5 Å². The van der Waals surface area contributed by atoms with Crippen molar-refractivity contribution in [2.24, 2.45) is 5.92 Å². The smallest absolute Gasteiger partial charge is 0.0700 e. The first-order chi connectivity index (χ1) is 10.1. The standard InChI is InChI=1S/C18H31NO2/c1-15(2)19-14-18(8-9-21-11-10-20-4)13-17-7-5-6-16(3)12-17/h5-7,12,15,18-19H,8-11,13-14H2,1-4H3. The quantitative estimate of drug-likeness (QED) is 0.636. The lowest BCUT2D eigenvalue weighted by Gasteiger charge is -2.20. The van der Waals surface area contributed by atoms with Crippen molar-refractivity contribution in [3.8, 4) is 0 Å². The van der Waals surface area contributed by atoms with Crippen molar-refractivity contribution in [2.45, 2.75) is 39.7 Å². The molecule has 0 aliphatic rings. The third-order valence-electron chi connectivity index (χ3n) is 3.52. The molecule has 0 aliphatic carbocycles. The Morgan fingerprint density at radius 2 is 1.95 bits per heavy atom. The molecule has 0 fully saturated rings. The molecule has 0 aliphatic heterocycles. The Morgan fingerprint density at radius 3 is 2.62 bits per heavy atom. The van der Waals surface area contributed by atoms with Crippen LogP contribution in [0.5, 0.6) is 0 Å². The maximum absolute atomic E-state index is 5.62. The molecule has 0 saturated heterocycles. The Morgan fingerprint density at radius 1 is 1.14 bits per heavy atom. The van der Waals surface area contributed by atoms with Gasteiger partial charge in [-0.15, -0.1) is 0 Å². The molecule has 3 nitrogen and oxygen atoms in total. The van der Waals surface area contributed by atoms with Crippen LogP contribution in [0.1, 0.15) is 31.4 Å². The van der Waals surface area contributed by atoms with Crippen molar-refractivity contribution in [3.05, 3.63) is 35.4 Å². The Bertz CT molecular complexity index is 379. The van der Waals surface area contributed by atoms with Crippen LogP contribution in [0.3, 0.4) is 0 Å². The Hall–Kier alpha value is -0.900. The zero-order valence-corrected chi connectivity index (χ0v) is 14.0. The predicted octanol–water partition coefficient (Wildman–Crippen LogP) is 3.20. The van der Waals surface area contributed by atoms with Crippen LogP contribution in [-0.2, 0) is 15.9 Å². The molecule has 0 radical (unpaired) electrons. The average molecular weight is 293 g/mol. The summed E-state index contributed by atoms with van der Waals surface area (Å²) in [5, 5.41) is 3.55. The van der Waals surface area contributed by atoms with E-state index in [4.69, 9.17) is 9.47 Å². The van der Waals surface area contributed by atoms with Gasteiger partial charge in [0.2, 0.25) is 0 Å². The van der Waals surface area contributed by atoms with Crippen LogP contribution in [0, 0.1) is 12.8 Å². The molecule has 1 unspecified atom stereocenters. The van der Waals surface area contributed by atoms with Crippen molar-refractivity contribution in [1.29, 1.82) is 0 Å². The van der Waals surface area contributed by atoms with E-state index >= 15 is 0 Å². The number of methoxy groups -OCH3 is 1. The lowest BCUT2D eigenvalue weighted by Crippen LogP contribution is -2.30. The molecule has 0 bridgehead atoms. The molecule has 0 spiro atoms. The van der Waals surface area contributed by atoms with Crippen LogP contribution in [0.2, 0.25) is 0 Å². The molecule has 1 aromatic carbocycles. The minimum Gasteiger partial charge on any atom is -0.382 e. The lowest BCUT2D eigenvalue weighted by molar-refractivity contribution is 0.0635. The van der Waals surface area contributed by atoms with Crippen molar-refractivity contribution in [2.75, 3.05) is 33.5 Å². The minimum absolute atomic E-state index is 0.527. The average Bonchev–Trinajstić information content (AvgIpc) is 2.44. The van der Waals surface area contributed by atoms with Crippen LogP contribution >= 0.6 is 0 Å². The number of nitrogens with one attached hydrogen (secondary N) is 1. The molecule has 0 amide bonds. The normalized spacial score (nSPS) is 12.8.